The third-order valence-corrected chi connectivity index (χ3v) is 6.51. The molecular weight excluding hydrogens is 517 g/mol. The number of carbonyl (C=O) groups is 1. The van der Waals surface area contributed by atoms with E-state index in [-0.39, 0.29) is 11.6 Å². The lowest BCUT2D eigenvalue weighted by atomic mass is 10.2. The van der Waals surface area contributed by atoms with Gasteiger partial charge in [-0.15, -0.1) is 11.6 Å². The second kappa shape index (κ2) is 13.7. The van der Waals surface area contributed by atoms with Crippen molar-refractivity contribution in [3.8, 4) is 5.75 Å². The van der Waals surface area contributed by atoms with E-state index in [0.29, 0.717) is 0 Å². The van der Waals surface area contributed by atoms with E-state index in [4.69, 9.17) is 30.1 Å². The van der Waals surface area contributed by atoms with Crippen LogP contribution in [0.3, 0.4) is 0 Å². The Morgan fingerprint density at radius 1 is 1.17 bits per heavy atom. The van der Waals surface area contributed by atoms with Crippen LogP contribution in [0, 0.1) is 0 Å². The first kappa shape index (κ1) is 29.8. The van der Waals surface area contributed by atoms with Gasteiger partial charge in [0.05, 0.1) is 24.7 Å². The number of nitrogens with one attached hydrogen (secondary N) is 2. The highest BCUT2D eigenvalue weighted by atomic mass is 35.5. The Hall–Kier alpha value is -2.47. The lowest BCUT2D eigenvalue weighted by molar-refractivity contribution is -0.149. The van der Waals surface area contributed by atoms with Crippen molar-refractivity contribution in [1.29, 1.82) is 0 Å². The zero-order valence-corrected chi connectivity index (χ0v) is 22.0. The topological polar surface area (TPSA) is 158 Å². The lowest BCUT2D eigenvalue weighted by Gasteiger charge is -2.29. The van der Waals surface area contributed by atoms with Gasteiger partial charge in [0.15, 0.2) is 6.23 Å². The molecule has 5 atom stereocenters. The molecule has 2 aromatic rings. The second-order valence-electron chi connectivity index (χ2n) is 8.08. The molecule has 0 radical (unpaired) electrons. The van der Waals surface area contributed by atoms with Gasteiger partial charge in [0, 0.05) is 12.3 Å². The molecule has 0 aliphatic rings. The van der Waals surface area contributed by atoms with Gasteiger partial charge in [0.1, 0.15) is 17.9 Å². The van der Waals surface area contributed by atoms with Crippen molar-refractivity contribution in [1.82, 2.24) is 14.6 Å². The number of aliphatic hydroxyl groups excluding tert-OH is 1. The van der Waals surface area contributed by atoms with Gasteiger partial charge >= 0.3 is 19.4 Å². The molecule has 14 heteroatoms. The fourth-order valence-electron chi connectivity index (χ4n) is 2.83. The van der Waals surface area contributed by atoms with Gasteiger partial charge in [-0.05, 0) is 39.8 Å². The maximum absolute atomic E-state index is 13.6. The molecule has 1 heterocycles. The highest BCUT2D eigenvalue weighted by molar-refractivity contribution is 7.52. The van der Waals surface area contributed by atoms with E-state index in [2.05, 4.69) is 10.1 Å². The molecule has 0 aliphatic heterocycles. The number of nitrogens with zero attached hydrogens (tertiary/aromatic N) is 1. The number of alkyl halides is 1. The van der Waals surface area contributed by atoms with Gasteiger partial charge in [-0.25, -0.2) is 9.36 Å². The monoisotopic (exact) mass is 547 g/mol. The Balaban J connectivity index is 2.23. The summed E-state index contributed by atoms with van der Waals surface area (Å²) < 4.78 is 36.7. The maximum atomic E-state index is 13.6. The average Bonchev–Trinajstić information content (AvgIpc) is 2.79. The van der Waals surface area contributed by atoms with Crippen LogP contribution >= 0.6 is 19.3 Å². The number of aliphatic hydroxyl groups is 1. The quantitative estimate of drug-likeness (QED) is 0.182. The van der Waals surface area contributed by atoms with Crippen LogP contribution in [-0.4, -0.2) is 57.5 Å². The SMILES string of the molecule is CC(C)OC(=O)[C@@H](C)N[P@@](=O)(OC[C@@H](O[C@H](CCl)n1ccc(=O)[nH]c1=O)[C@H](C)O)Oc1ccccc1. The third-order valence-electron chi connectivity index (χ3n) is 4.60. The summed E-state index contributed by atoms with van der Waals surface area (Å²) in [6.07, 6.45) is -2.60. The molecule has 36 heavy (non-hydrogen) atoms. The van der Waals surface area contributed by atoms with Crippen molar-refractivity contribution in [3.05, 3.63) is 63.4 Å². The molecule has 0 amide bonds. The number of aromatic nitrogens is 2. The Bertz CT molecular complexity index is 1140. The van der Waals surface area contributed by atoms with Crippen LogP contribution < -0.4 is 20.9 Å². The van der Waals surface area contributed by atoms with Gasteiger partial charge in [-0.2, -0.15) is 5.09 Å². The molecule has 200 valence electrons. The first-order valence-electron chi connectivity index (χ1n) is 11.1. The molecule has 0 bridgehead atoms. The minimum Gasteiger partial charge on any atom is -0.462 e. The number of ether oxygens (including phenoxy) is 2. The summed E-state index contributed by atoms with van der Waals surface area (Å²) in [5.41, 5.74) is -1.37. The van der Waals surface area contributed by atoms with Crippen molar-refractivity contribution in [2.45, 2.75) is 58.3 Å². The maximum Gasteiger partial charge on any atom is 0.459 e. The van der Waals surface area contributed by atoms with E-state index >= 15 is 0 Å². The van der Waals surface area contributed by atoms with Gasteiger partial charge in [0.2, 0.25) is 0 Å². The number of hydrogen-bond donors (Lipinski definition) is 3. The Labute approximate surface area is 213 Å². The Morgan fingerprint density at radius 3 is 2.39 bits per heavy atom. The normalized spacial score (nSPS) is 16.5. The minimum absolute atomic E-state index is 0.200. The van der Waals surface area contributed by atoms with Crippen LogP contribution in [0.15, 0.2) is 52.2 Å². The summed E-state index contributed by atoms with van der Waals surface area (Å²) in [6.45, 7) is 5.70. The summed E-state index contributed by atoms with van der Waals surface area (Å²) in [6, 6.07) is 8.18. The van der Waals surface area contributed by atoms with Gasteiger partial charge in [-0.1, -0.05) is 18.2 Å². The number of H-pyrrole nitrogens is 1. The number of esters is 1. The minimum atomic E-state index is -4.22. The molecule has 0 saturated carbocycles. The van der Waals surface area contributed by atoms with Crippen LogP contribution in [0.4, 0.5) is 0 Å². The summed E-state index contributed by atoms with van der Waals surface area (Å²) in [5.74, 6) is -0.692. The number of para-hydroxylation sites is 1. The fraction of sp³-hybridized carbons (Fsp3) is 0.500. The second-order valence-corrected chi connectivity index (χ2v) is 10.1. The van der Waals surface area contributed by atoms with Gasteiger partial charge < -0.3 is 19.1 Å². The number of rotatable bonds is 14. The summed E-state index contributed by atoms with van der Waals surface area (Å²) in [4.78, 5) is 37.8. The van der Waals surface area contributed by atoms with Crippen molar-refractivity contribution in [2.75, 3.05) is 12.5 Å². The number of aromatic amines is 1. The van der Waals surface area contributed by atoms with E-state index in [9.17, 15) is 24.1 Å². The molecule has 12 nitrogen and oxygen atoms in total. The molecule has 0 aliphatic carbocycles. The molecule has 0 unspecified atom stereocenters. The van der Waals surface area contributed by atoms with E-state index in [0.717, 1.165) is 10.6 Å². The van der Waals surface area contributed by atoms with Crippen molar-refractivity contribution < 1.29 is 33.0 Å². The number of benzene rings is 1. The molecule has 3 N–H and O–H groups in total. The van der Waals surface area contributed by atoms with E-state index in [1.807, 2.05) is 0 Å². The standard InChI is InChI=1S/C22H31ClN3O9P/c1-14(2)33-21(29)15(3)25-36(31,35-17-8-6-5-7-9-17)32-13-18(16(4)27)34-20(12-23)26-11-10-19(28)24-22(26)30/h5-11,14-16,18,20,27H,12-13H2,1-4H3,(H,25,31)(H,24,28,30)/t15-,16+,18-,20-,36-/m1/s1. The molecule has 0 fully saturated rings. The zero-order valence-electron chi connectivity index (χ0n) is 20.3. The van der Waals surface area contributed by atoms with Crippen molar-refractivity contribution in [2.24, 2.45) is 0 Å². The Kier molecular flexibility index (Phi) is 11.4. The first-order chi connectivity index (χ1) is 16.9. The van der Waals surface area contributed by atoms with Gasteiger partial charge in [-0.3, -0.25) is 23.7 Å². The Morgan fingerprint density at radius 2 is 1.83 bits per heavy atom. The van der Waals surface area contributed by atoms with Crippen LogP contribution in [0.5, 0.6) is 5.75 Å². The van der Waals surface area contributed by atoms with Crippen molar-refractivity contribution >= 4 is 25.3 Å². The fourth-order valence-corrected chi connectivity index (χ4v) is 4.55. The third kappa shape index (κ3) is 9.20. The van der Waals surface area contributed by atoms with Crippen molar-refractivity contribution in [3.63, 3.8) is 0 Å². The number of halogens is 1. The van der Waals surface area contributed by atoms with Crippen LogP contribution in [0.1, 0.15) is 33.9 Å². The van der Waals surface area contributed by atoms with E-state index in [1.54, 1.807) is 44.2 Å². The zero-order chi connectivity index (χ0) is 26.9. The molecule has 1 aromatic carbocycles. The smallest absolute Gasteiger partial charge is 0.459 e. The molecule has 2 rings (SSSR count). The predicted octanol–water partition coefficient (Wildman–Crippen LogP) is 2.17. The predicted molar refractivity (Wildman–Crippen MR) is 132 cm³/mol. The number of carbonyl (C=O) groups excluding carboxylic acids is 1. The van der Waals surface area contributed by atoms with Crippen LogP contribution in [-0.2, 0) is 23.4 Å². The van der Waals surface area contributed by atoms with Crippen LogP contribution in [0.2, 0.25) is 0 Å². The largest absolute Gasteiger partial charge is 0.462 e. The van der Waals surface area contributed by atoms with E-state index in [1.165, 1.54) is 20.0 Å². The summed E-state index contributed by atoms with van der Waals surface area (Å²) >= 11 is 5.96. The van der Waals surface area contributed by atoms with Crippen LogP contribution in [0.25, 0.3) is 0 Å². The molecule has 1 aromatic heterocycles. The number of hydrogen-bond acceptors (Lipinski definition) is 9. The molecule has 0 saturated heterocycles. The molecular formula is C22H31ClN3O9P. The summed E-state index contributed by atoms with van der Waals surface area (Å²) in [7, 11) is -4.22. The first-order valence-corrected chi connectivity index (χ1v) is 13.2. The highest BCUT2D eigenvalue weighted by Crippen LogP contribution is 2.45. The molecule has 0 spiro atoms. The lowest BCUT2D eigenvalue weighted by Crippen LogP contribution is -2.40. The summed E-state index contributed by atoms with van der Waals surface area (Å²) in [5, 5.41) is 12.8. The van der Waals surface area contributed by atoms with E-state index < -0.39 is 62.2 Å². The highest BCUT2D eigenvalue weighted by Gasteiger charge is 2.35. The van der Waals surface area contributed by atoms with Gasteiger partial charge in [0.25, 0.3) is 5.56 Å². The average molecular weight is 548 g/mol.